The summed E-state index contributed by atoms with van der Waals surface area (Å²) in [5.41, 5.74) is 19.0. The molecule has 0 radical (unpaired) electrons. The zero-order valence-corrected chi connectivity index (χ0v) is 39.9. The molecule has 0 saturated carbocycles. The van der Waals surface area contributed by atoms with Gasteiger partial charge in [0.05, 0.1) is 17.8 Å². The molecule has 70 heavy (non-hydrogen) atoms. The number of pyridine rings is 1. The summed E-state index contributed by atoms with van der Waals surface area (Å²) in [5, 5.41) is 0. The van der Waals surface area contributed by atoms with E-state index in [-0.39, 0.29) is 12.1 Å². The fourth-order valence-corrected chi connectivity index (χ4v) is 12.5. The van der Waals surface area contributed by atoms with Crippen molar-refractivity contribution in [2.45, 2.75) is 69.6 Å². The van der Waals surface area contributed by atoms with Crippen molar-refractivity contribution in [3.8, 4) is 11.3 Å². The highest BCUT2D eigenvalue weighted by Gasteiger charge is 2.50. The van der Waals surface area contributed by atoms with Crippen LogP contribution in [0.3, 0.4) is 0 Å². The van der Waals surface area contributed by atoms with Gasteiger partial charge in [0.2, 0.25) is 0 Å². The van der Waals surface area contributed by atoms with Gasteiger partial charge in [0, 0.05) is 69.7 Å². The SMILES string of the molecule is C/C(=C\C=C/CF)c1ccc2c(c1)C1=CC(C3=CC4C5C=C(c6ccccc6)CCC5N(C5=CCC(N(c6ccccc6)c6ccccc6)C=C5)C4CC3)=CCC1N2c1ccc(-c2ccccn2)cc1. The van der Waals surface area contributed by atoms with Crippen molar-refractivity contribution in [1.29, 1.82) is 0 Å². The van der Waals surface area contributed by atoms with Crippen LogP contribution in [0, 0.1) is 11.8 Å². The second-order valence-electron chi connectivity index (χ2n) is 19.7. The molecule has 0 spiro atoms. The van der Waals surface area contributed by atoms with Gasteiger partial charge in [-0.1, -0.05) is 140 Å². The highest BCUT2D eigenvalue weighted by Crippen LogP contribution is 2.54. The number of likely N-dealkylation sites (tertiary alicyclic amines) is 1. The second kappa shape index (κ2) is 19.1. The minimum atomic E-state index is -0.467. The van der Waals surface area contributed by atoms with E-state index in [1.165, 1.54) is 61.9 Å². The highest BCUT2D eigenvalue weighted by atomic mass is 19.1. The Kier molecular flexibility index (Phi) is 12.0. The number of nitrogens with zero attached hydrogens (tertiary/aromatic N) is 4. The lowest BCUT2D eigenvalue weighted by molar-refractivity contribution is 0.221. The minimum Gasteiger partial charge on any atom is -0.365 e. The Hall–Kier alpha value is -7.50. The molecule has 6 unspecified atom stereocenters. The summed E-state index contributed by atoms with van der Waals surface area (Å²) in [7, 11) is 0. The van der Waals surface area contributed by atoms with Crippen molar-refractivity contribution in [3.63, 3.8) is 0 Å². The molecule has 12 rings (SSSR count). The van der Waals surface area contributed by atoms with E-state index in [9.17, 15) is 4.39 Å². The smallest absolute Gasteiger partial charge is 0.108 e. The zero-order valence-electron chi connectivity index (χ0n) is 39.9. The van der Waals surface area contributed by atoms with Crippen LogP contribution in [-0.2, 0) is 0 Å². The molecule has 2 aliphatic heterocycles. The number of hydrogen-bond acceptors (Lipinski definition) is 4. The molecule has 3 heterocycles. The molecule has 4 aliphatic carbocycles. The lowest BCUT2D eigenvalue weighted by atomic mass is 9.74. The standard InChI is InChI=1S/C65H59FN4/c1-45(15-11-13-39-66)48-25-35-62-57(41-48)59-43-50(27-37-64(59)69(62)55-29-23-47(24-30-55)61-22-12-14-40-67-61)51-28-38-65-60(44-51)58-42-49(46-16-5-2-6-17-46)26-36-63(58)70(65)56-33-31-54(32-34-56)68(52-18-7-3-8-19-52)53-20-9-4-10-21-53/h2-25,27,29-31,33-35,40-44,54,58,60,63-65H,26,28,32,36-39H2,1H3/b13-11-,45-15+. The Balaban J connectivity index is 0.881. The van der Waals surface area contributed by atoms with Crippen LogP contribution >= 0.6 is 0 Å². The molecule has 6 aromatic rings. The Morgan fingerprint density at radius 2 is 1.40 bits per heavy atom. The van der Waals surface area contributed by atoms with Gasteiger partial charge in [-0.3, -0.25) is 4.98 Å². The van der Waals surface area contributed by atoms with Crippen molar-refractivity contribution in [2.24, 2.45) is 11.8 Å². The molecule has 0 bridgehead atoms. The van der Waals surface area contributed by atoms with Crippen molar-refractivity contribution >= 4 is 39.5 Å². The van der Waals surface area contributed by atoms with Crippen molar-refractivity contribution < 1.29 is 4.39 Å². The number of rotatable bonds is 11. The van der Waals surface area contributed by atoms with Crippen LogP contribution in [0.25, 0.3) is 28.0 Å². The van der Waals surface area contributed by atoms with Crippen LogP contribution in [0.4, 0.5) is 27.1 Å². The average Bonchev–Trinajstić information content (AvgIpc) is 3.93. The molecular formula is C65H59FN4. The maximum Gasteiger partial charge on any atom is 0.108 e. The van der Waals surface area contributed by atoms with Crippen LogP contribution in [0.2, 0.25) is 0 Å². The number of para-hydroxylation sites is 2. The van der Waals surface area contributed by atoms with E-state index in [1.807, 2.05) is 30.5 Å². The molecular weight excluding hydrogens is 856 g/mol. The third-order valence-corrected chi connectivity index (χ3v) is 15.8. The molecule has 1 fully saturated rings. The maximum absolute atomic E-state index is 13.1. The van der Waals surface area contributed by atoms with E-state index >= 15 is 0 Å². The molecule has 1 aromatic heterocycles. The van der Waals surface area contributed by atoms with Crippen molar-refractivity contribution in [2.75, 3.05) is 16.5 Å². The first kappa shape index (κ1) is 43.8. The molecule has 5 heteroatoms. The lowest BCUT2D eigenvalue weighted by Crippen LogP contribution is -2.39. The number of benzene rings is 5. The average molecular weight is 915 g/mol. The van der Waals surface area contributed by atoms with Crippen molar-refractivity contribution in [3.05, 3.63) is 252 Å². The highest BCUT2D eigenvalue weighted by molar-refractivity contribution is 5.95. The van der Waals surface area contributed by atoms with Gasteiger partial charge in [-0.15, -0.1) is 0 Å². The third kappa shape index (κ3) is 8.21. The number of allylic oxidation sites excluding steroid dienone is 9. The molecule has 4 nitrogen and oxygen atoms in total. The summed E-state index contributed by atoms with van der Waals surface area (Å²) < 4.78 is 13.1. The topological polar surface area (TPSA) is 22.6 Å². The Morgan fingerprint density at radius 1 is 0.714 bits per heavy atom. The molecule has 5 aromatic carbocycles. The number of fused-ring (bicyclic) bond motifs is 6. The predicted molar refractivity (Wildman–Crippen MR) is 290 cm³/mol. The van der Waals surface area contributed by atoms with Gasteiger partial charge in [-0.25, -0.2) is 4.39 Å². The molecule has 6 atom stereocenters. The second-order valence-corrected chi connectivity index (χ2v) is 19.7. The van der Waals surface area contributed by atoms with Crippen LogP contribution in [-0.4, -0.2) is 40.7 Å². The summed E-state index contributed by atoms with van der Waals surface area (Å²) in [4.78, 5) is 12.5. The number of anilines is 4. The number of hydrogen-bond donors (Lipinski definition) is 0. The zero-order chi connectivity index (χ0) is 47.0. The Labute approximate surface area is 413 Å². The van der Waals surface area contributed by atoms with Crippen LogP contribution in [0.15, 0.2) is 235 Å². The summed E-state index contributed by atoms with van der Waals surface area (Å²) >= 11 is 0. The van der Waals surface area contributed by atoms with E-state index in [0.29, 0.717) is 23.9 Å². The molecule has 0 amide bonds. The third-order valence-electron chi connectivity index (χ3n) is 15.8. The normalized spacial score (nSPS) is 23.6. The number of halogens is 1. The predicted octanol–water partition coefficient (Wildman–Crippen LogP) is 15.8. The number of aromatic nitrogens is 1. The molecule has 1 saturated heterocycles. The fraction of sp³-hybridized carbons (Fsp3) is 0.215. The molecule has 0 N–H and O–H groups in total. The van der Waals surface area contributed by atoms with Gasteiger partial charge in [0.1, 0.15) is 6.67 Å². The van der Waals surface area contributed by atoms with Crippen LogP contribution in [0.1, 0.15) is 62.1 Å². The van der Waals surface area contributed by atoms with Gasteiger partial charge in [0.15, 0.2) is 0 Å². The summed E-state index contributed by atoms with van der Waals surface area (Å²) in [6.45, 7) is 1.66. The summed E-state index contributed by atoms with van der Waals surface area (Å²) in [6.07, 6.45) is 31.5. The quantitative estimate of drug-likeness (QED) is 0.121. The first-order valence-electron chi connectivity index (χ1n) is 25.4. The van der Waals surface area contributed by atoms with Crippen molar-refractivity contribution in [1.82, 2.24) is 9.88 Å². The lowest BCUT2D eigenvalue weighted by Gasteiger charge is -2.39. The Morgan fingerprint density at radius 3 is 2.07 bits per heavy atom. The van der Waals surface area contributed by atoms with E-state index in [1.54, 1.807) is 6.08 Å². The van der Waals surface area contributed by atoms with Crippen LogP contribution < -0.4 is 9.80 Å². The van der Waals surface area contributed by atoms with Gasteiger partial charge in [-0.2, -0.15) is 0 Å². The number of alkyl halides is 1. The van der Waals surface area contributed by atoms with Gasteiger partial charge < -0.3 is 14.7 Å². The molecule has 6 aliphatic rings. The monoisotopic (exact) mass is 914 g/mol. The first-order valence-corrected chi connectivity index (χ1v) is 25.4. The van der Waals surface area contributed by atoms with E-state index in [0.717, 1.165) is 60.9 Å². The largest absolute Gasteiger partial charge is 0.365 e. The first-order chi connectivity index (χ1) is 34.6. The van der Waals surface area contributed by atoms with E-state index < -0.39 is 6.67 Å². The molecule has 346 valence electrons. The maximum atomic E-state index is 13.1. The van der Waals surface area contributed by atoms with E-state index in [4.69, 9.17) is 0 Å². The van der Waals surface area contributed by atoms with Gasteiger partial charge in [0.25, 0.3) is 0 Å². The fourth-order valence-electron chi connectivity index (χ4n) is 12.5. The van der Waals surface area contributed by atoms with E-state index in [2.05, 4.69) is 209 Å². The summed E-state index contributed by atoms with van der Waals surface area (Å²) in [5.74, 6) is 0.829. The Bertz CT molecular complexity index is 3080. The van der Waals surface area contributed by atoms with Crippen LogP contribution in [0.5, 0.6) is 0 Å². The minimum absolute atomic E-state index is 0.178. The van der Waals surface area contributed by atoms with Gasteiger partial charge in [-0.05, 0) is 157 Å². The van der Waals surface area contributed by atoms with Gasteiger partial charge >= 0.3 is 0 Å². The summed E-state index contributed by atoms with van der Waals surface area (Å²) in [6, 6.07) is 56.0.